The maximum absolute atomic E-state index is 6.28. The van der Waals surface area contributed by atoms with Crippen LogP contribution >= 0.6 is 23.4 Å². The zero-order valence-corrected chi connectivity index (χ0v) is 12.6. The van der Waals surface area contributed by atoms with E-state index in [1.54, 1.807) is 0 Å². The molecular weight excluding hydrogens is 280 g/mol. The zero-order valence-electron chi connectivity index (χ0n) is 11.0. The van der Waals surface area contributed by atoms with Crippen molar-refractivity contribution < 1.29 is 0 Å². The van der Waals surface area contributed by atoms with Crippen LogP contribution in [0.25, 0.3) is 0 Å². The molecule has 1 aromatic heterocycles. The van der Waals surface area contributed by atoms with Gasteiger partial charge < -0.3 is 5.73 Å². The topological polar surface area (TPSA) is 67.6 Å². The van der Waals surface area contributed by atoms with Gasteiger partial charge in [-0.3, -0.25) is 5.10 Å². The fraction of sp³-hybridized carbons (Fsp3) is 0.385. The summed E-state index contributed by atoms with van der Waals surface area (Å²) in [5.74, 6) is 0.805. The lowest BCUT2D eigenvalue weighted by Gasteiger charge is -2.10. The molecule has 0 aliphatic heterocycles. The van der Waals surface area contributed by atoms with E-state index in [9.17, 15) is 0 Å². The number of hydrogen-bond acceptors (Lipinski definition) is 4. The van der Waals surface area contributed by atoms with E-state index in [4.69, 9.17) is 17.3 Å². The van der Waals surface area contributed by atoms with Gasteiger partial charge in [0, 0.05) is 16.0 Å². The molecule has 3 N–H and O–H groups in total. The fourth-order valence-corrected chi connectivity index (χ4v) is 2.78. The third-order valence-electron chi connectivity index (χ3n) is 2.82. The Bertz CT molecular complexity index is 555. The van der Waals surface area contributed by atoms with Crippen molar-refractivity contribution in [1.29, 1.82) is 0 Å². The second-order valence-electron chi connectivity index (χ2n) is 4.43. The van der Waals surface area contributed by atoms with Gasteiger partial charge in [0.25, 0.3) is 0 Å². The highest BCUT2D eigenvalue weighted by Gasteiger charge is 2.08. The normalized spacial score (nSPS) is 12.6. The summed E-state index contributed by atoms with van der Waals surface area (Å²) in [7, 11) is 0. The standard InChI is InChI=1S/C13H17ClN4S/c1-3-10(15)6-9-4-5-11(7-12(9)14)19-13-16-8(2)17-18-13/h4-5,7,10H,3,6,15H2,1-2H3,(H,16,17,18). The molecule has 2 aromatic rings. The number of aryl methyl sites for hydroxylation is 1. The Morgan fingerprint density at radius 1 is 1.47 bits per heavy atom. The first-order chi connectivity index (χ1) is 9.08. The van der Waals surface area contributed by atoms with E-state index >= 15 is 0 Å². The zero-order chi connectivity index (χ0) is 13.8. The first-order valence-corrected chi connectivity index (χ1v) is 7.38. The molecule has 0 fully saturated rings. The molecule has 0 radical (unpaired) electrons. The first kappa shape index (κ1) is 14.4. The molecule has 0 saturated carbocycles. The Kier molecular flexibility index (Phi) is 4.85. The summed E-state index contributed by atoms with van der Waals surface area (Å²) in [6.07, 6.45) is 1.75. The van der Waals surface area contributed by atoms with Gasteiger partial charge in [-0.15, -0.1) is 5.10 Å². The van der Waals surface area contributed by atoms with E-state index in [-0.39, 0.29) is 6.04 Å². The Hall–Kier alpha value is -1.04. The molecule has 19 heavy (non-hydrogen) atoms. The van der Waals surface area contributed by atoms with E-state index in [1.165, 1.54) is 11.8 Å². The summed E-state index contributed by atoms with van der Waals surface area (Å²) in [5.41, 5.74) is 7.04. The number of aromatic amines is 1. The van der Waals surface area contributed by atoms with Crippen LogP contribution in [0.4, 0.5) is 0 Å². The summed E-state index contributed by atoms with van der Waals surface area (Å²) in [5, 5.41) is 8.36. The summed E-state index contributed by atoms with van der Waals surface area (Å²) in [6, 6.07) is 6.15. The molecule has 0 amide bonds. The van der Waals surface area contributed by atoms with Gasteiger partial charge in [-0.25, -0.2) is 4.98 Å². The quantitative estimate of drug-likeness (QED) is 0.889. The molecule has 0 bridgehead atoms. The van der Waals surface area contributed by atoms with Crippen LogP contribution in [0.5, 0.6) is 0 Å². The SMILES string of the molecule is CCC(N)Cc1ccc(Sc2n[nH]c(C)n2)cc1Cl. The lowest BCUT2D eigenvalue weighted by molar-refractivity contribution is 0.646. The molecule has 4 nitrogen and oxygen atoms in total. The predicted octanol–water partition coefficient (Wildman–Crippen LogP) is 3.20. The molecule has 0 aliphatic rings. The molecule has 0 aliphatic carbocycles. The smallest absolute Gasteiger partial charge is 0.213 e. The maximum atomic E-state index is 6.28. The highest BCUT2D eigenvalue weighted by Crippen LogP contribution is 2.29. The van der Waals surface area contributed by atoms with Crippen LogP contribution in [0.3, 0.4) is 0 Å². The first-order valence-electron chi connectivity index (χ1n) is 6.19. The second-order valence-corrected chi connectivity index (χ2v) is 5.88. The van der Waals surface area contributed by atoms with Crippen molar-refractivity contribution in [2.45, 2.75) is 42.8 Å². The van der Waals surface area contributed by atoms with Crippen LogP contribution in [0, 0.1) is 6.92 Å². The summed E-state index contributed by atoms with van der Waals surface area (Å²) in [4.78, 5) is 5.28. The third-order valence-corrected chi connectivity index (χ3v) is 4.02. The Labute approximate surface area is 122 Å². The minimum absolute atomic E-state index is 0.159. The predicted molar refractivity (Wildman–Crippen MR) is 78.7 cm³/mol. The van der Waals surface area contributed by atoms with Crippen molar-refractivity contribution in [1.82, 2.24) is 15.2 Å². The average Bonchev–Trinajstić information content (AvgIpc) is 2.78. The van der Waals surface area contributed by atoms with Crippen molar-refractivity contribution in [2.24, 2.45) is 5.73 Å². The Morgan fingerprint density at radius 2 is 2.26 bits per heavy atom. The number of nitrogens with one attached hydrogen (secondary N) is 1. The minimum Gasteiger partial charge on any atom is -0.327 e. The minimum atomic E-state index is 0.159. The van der Waals surface area contributed by atoms with Gasteiger partial charge in [-0.05, 0) is 49.2 Å². The lowest BCUT2D eigenvalue weighted by atomic mass is 10.1. The van der Waals surface area contributed by atoms with Gasteiger partial charge in [0.15, 0.2) is 0 Å². The van der Waals surface area contributed by atoms with E-state index in [2.05, 4.69) is 22.1 Å². The van der Waals surface area contributed by atoms with E-state index < -0.39 is 0 Å². The van der Waals surface area contributed by atoms with Crippen LogP contribution in [0.15, 0.2) is 28.3 Å². The molecule has 2 rings (SSSR count). The van der Waals surface area contributed by atoms with Crippen molar-refractivity contribution in [3.63, 3.8) is 0 Å². The van der Waals surface area contributed by atoms with Crippen LogP contribution in [-0.4, -0.2) is 21.2 Å². The second kappa shape index (κ2) is 6.41. The van der Waals surface area contributed by atoms with Gasteiger partial charge in [-0.2, -0.15) is 0 Å². The van der Waals surface area contributed by atoms with E-state index in [0.29, 0.717) is 5.16 Å². The number of aromatic nitrogens is 3. The number of hydrogen-bond donors (Lipinski definition) is 2. The van der Waals surface area contributed by atoms with Gasteiger partial charge in [0.05, 0.1) is 0 Å². The molecule has 1 unspecified atom stereocenters. The van der Waals surface area contributed by atoms with Gasteiger partial charge in [0.1, 0.15) is 5.82 Å². The average molecular weight is 297 g/mol. The molecule has 1 atom stereocenters. The maximum Gasteiger partial charge on any atom is 0.213 e. The van der Waals surface area contributed by atoms with Gasteiger partial charge in [0.2, 0.25) is 5.16 Å². The molecule has 0 spiro atoms. The van der Waals surface area contributed by atoms with Crippen molar-refractivity contribution in [3.8, 4) is 0 Å². The molecular formula is C13H17ClN4S. The number of nitrogens with zero attached hydrogens (tertiary/aromatic N) is 2. The van der Waals surface area contributed by atoms with Crippen molar-refractivity contribution in [2.75, 3.05) is 0 Å². The van der Waals surface area contributed by atoms with Crippen LogP contribution in [0.2, 0.25) is 5.02 Å². The monoisotopic (exact) mass is 296 g/mol. The van der Waals surface area contributed by atoms with E-state index in [1.807, 2.05) is 25.1 Å². The van der Waals surface area contributed by atoms with Gasteiger partial charge >= 0.3 is 0 Å². The summed E-state index contributed by atoms with van der Waals surface area (Å²) in [6.45, 7) is 3.95. The van der Waals surface area contributed by atoms with Crippen LogP contribution in [-0.2, 0) is 6.42 Å². The highest BCUT2D eigenvalue weighted by atomic mass is 35.5. The lowest BCUT2D eigenvalue weighted by Crippen LogP contribution is -2.21. The van der Waals surface area contributed by atoms with Crippen molar-refractivity contribution >= 4 is 23.4 Å². The molecule has 1 heterocycles. The third kappa shape index (κ3) is 3.96. The Balaban J connectivity index is 2.10. The van der Waals surface area contributed by atoms with Crippen molar-refractivity contribution in [3.05, 3.63) is 34.6 Å². The molecule has 102 valence electrons. The molecule has 1 aromatic carbocycles. The number of nitrogens with two attached hydrogens (primary N) is 1. The molecule has 0 saturated heterocycles. The van der Waals surface area contributed by atoms with Crippen LogP contribution in [0.1, 0.15) is 24.7 Å². The van der Waals surface area contributed by atoms with Gasteiger partial charge in [-0.1, -0.05) is 24.6 Å². The van der Waals surface area contributed by atoms with Crippen LogP contribution < -0.4 is 5.73 Å². The largest absolute Gasteiger partial charge is 0.327 e. The van der Waals surface area contributed by atoms with E-state index in [0.717, 1.165) is 34.1 Å². The number of rotatable bonds is 5. The number of halogens is 1. The highest BCUT2D eigenvalue weighted by molar-refractivity contribution is 7.99. The summed E-state index contributed by atoms with van der Waals surface area (Å²) < 4.78 is 0. The Morgan fingerprint density at radius 3 is 2.84 bits per heavy atom. The fourth-order valence-electron chi connectivity index (χ4n) is 1.66. The number of benzene rings is 1. The summed E-state index contributed by atoms with van der Waals surface area (Å²) >= 11 is 7.77. The number of H-pyrrole nitrogens is 1. The molecule has 6 heteroatoms.